The zero-order valence-corrected chi connectivity index (χ0v) is 9.09. The van der Waals surface area contributed by atoms with E-state index < -0.39 is 0 Å². The van der Waals surface area contributed by atoms with Crippen molar-refractivity contribution in [2.45, 2.75) is 46.0 Å². The standard InChI is InChI=1S/C11H24O2/c1-3-6-11(2)7-4-5-9-13-10-8-12/h11-12H,3-10H2,1-2H3. The fourth-order valence-electron chi connectivity index (χ4n) is 1.50. The highest BCUT2D eigenvalue weighted by atomic mass is 16.5. The van der Waals surface area contributed by atoms with Crippen LogP contribution >= 0.6 is 0 Å². The Morgan fingerprint density at radius 3 is 2.54 bits per heavy atom. The van der Waals surface area contributed by atoms with Gasteiger partial charge in [0.05, 0.1) is 13.2 Å². The van der Waals surface area contributed by atoms with E-state index in [0.717, 1.165) is 18.9 Å². The number of ether oxygens (including phenoxy) is 1. The molecule has 1 atom stereocenters. The molecule has 13 heavy (non-hydrogen) atoms. The van der Waals surface area contributed by atoms with Gasteiger partial charge in [0.1, 0.15) is 0 Å². The molecule has 0 saturated carbocycles. The molecule has 1 N–H and O–H groups in total. The summed E-state index contributed by atoms with van der Waals surface area (Å²) < 4.78 is 5.17. The van der Waals surface area contributed by atoms with Gasteiger partial charge in [0, 0.05) is 6.61 Å². The molecule has 0 spiro atoms. The van der Waals surface area contributed by atoms with E-state index >= 15 is 0 Å². The molecule has 0 radical (unpaired) electrons. The molecule has 0 fully saturated rings. The first-order chi connectivity index (χ1) is 6.31. The van der Waals surface area contributed by atoms with E-state index in [1.807, 2.05) is 0 Å². The van der Waals surface area contributed by atoms with Crippen LogP contribution in [0.25, 0.3) is 0 Å². The van der Waals surface area contributed by atoms with Crippen molar-refractivity contribution in [1.29, 1.82) is 0 Å². The van der Waals surface area contributed by atoms with Gasteiger partial charge < -0.3 is 9.84 Å². The topological polar surface area (TPSA) is 29.5 Å². The number of hydrogen-bond donors (Lipinski definition) is 1. The number of aliphatic hydroxyl groups excluding tert-OH is 1. The third kappa shape index (κ3) is 9.84. The van der Waals surface area contributed by atoms with Crippen molar-refractivity contribution in [3.8, 4) is 0 Å². The molecule has 0 aromatic carbocycles. The highest BCUT2D eigenvalue weighted by Gasteiger charge is 1.99. The molecule has 0 bridgehead atoms. The van der Waals surface area contributed by atoms with Crippen LogP contribution in [-0.4, -0.2) is 24.9 Å². The highest BCUT2D eigenvalue weighted by Crippen LogP contribution is 2.13. The Hall–Kier alpha value is -0.0800. The van der Waals surface area contributed by atoms with Crippen molar-refractivity contribution in [3.63, 3.8) is 0 Å². The Morgan fingerprint density at radius 2 is 1.92 bits per heavy atom. The normalized spacial score (nSPS) is 13.2. The largest absolute Gasteiger partial charge is 0.394 e. The van der Waals surface area contributed by atoms with Gasteiger partial charge in [-0.1, -0.05) is 39.5 Å². The Kier molecular flexibility index (Phi) is 9.94. The molecular weight excluding hydrogens is 164 g/mol. The summed E-state index contributed by atoms with van der Waals surface area (Å²) in [6, 6.07) is 0. The zero-order chi connectivity index (χ0) is 9.94. The quantitative estimate of drug-likeness (QED) is 0.564. The van der Waals surface area contributed by atoms with Gasteiger partial charge >= 0.3 is 0 Å². The Morgan fingerprint density at radius 1 is 1.15 bits per heavy atom. The van der Waals surface area contributed by atoms with Crippen LogP contribution in [0.2, 0.25) is 0 Å². The molecule has 0 rings (SSSR count). The molecule has 0 aliphatic carbocycles. The lowest BCUT2D eigenvalue weighted by Crippen LogP contribution is -2.01. The van der Waals surface area contributed by atoms with Gasteiger partial charge in [-0.15, -0.1) is 0 Å². The van der Waals surface area contributed by atoms with Crippen LogP contribution in [0.3, 0.4) is 0 Å². The fourth-order valence-corrected chi connectivity index (χ4v) is 1.50. The van der Waals surface area contributed by atoms with Gasteiger partial charge in [-0.2, -0.15) is 0 Å². The maximum atomic E-state index is 8.46. The van der Waals surface area contributed by atoms with Crippen LogP contribution < -0.4 is 0 Å². The third-order valence-electron chi connectivity index (χ3n) is 2.25. The van der Waals surface area contributed by atoms with Gasteiger partial charge in [-0.05, 0) is 12.3 Å². The van der Waals surface area contributed by atoms with Crippen LogP contribution in [-0.2, 0) is 4.74 Å². The maximum Gasteiger partial charge on any atom is 0.0697 e. The summed E-state index contributed by atoms with van der Waals surface area (Å²) in [5.41, 5.74) is 0. The first-order valence-corrected chi connectivity index (χ1v) is 5.49. The molecule has 0 aromatic rings. The lowest BCUT2D eigenvalue weighted by atomic mass is 9.99. The monoisotopic (exact) mass is 188 g/mol. The summed E-state index contributed by atoms with van der Waals surface area (Å²) in [5, 5.41) is 8.46. The first kappa shape index (κ1) is 12.9. The summed E-state index contributed by atoms with van der Waals surface area (Å²) in [4.78, 5) is 0. The molecule has 0 saturated heterocycles. The molecule has 1 unspecified atom stereocenters. The van der Waals surface area contributed by atoms with Crippen LogP contribution in [0.15, 0.2) is 0 Å². The van der Waals surface area contributed by atoms with E-state index in [2.05, 4.69) is 13.8 Å². The Labute approximate surface area is 82.3 Å². The predicted octanol–water partition coefficient (Wildman–Crippen LogP) is 2.60. The van der Waals surface area contributed by atoms with Crippen LogP contribution in [0.5, 0.6) is 0 Å². The lowest BCUT2D eigenvalue weighted by molar-refractivity contribution is 0.0890. The van der Waals surface area contributed by atoms with Crippen LogP contribution in [0.4, 0.5) is 0 Å². The SMILES string of the molecule is CCCC(C)CCCCOCCO. The first-order valence-electron chi connectivity index (χ1n) is 5.49. The lowest BCUT2D eigenvalue weighted by Gasteiger charge is -2.09. The molecule has 0 heterocycles. The minimum atomic E-state index is 0.145. The number of rotatable bonds is 9. The zero-order valence-electron chi connectivity index (χ0n) is 9.09. The summed E-state index contributed by atoms with van der Waals surface area (Å²) in [7, 11) is 0. The predicted molar refractivity (Wildman–Crippen MR) is 55.8 cm³/mol. The van der Waals surface area contributed by atoms with Crippen molar-refractivity contribution in [2.75, 3.05) is 19.8 Å². The molecule has 0 aliphatic rings. The van der Waals surface area contributed by atoms with Crippen LogP contribution in [0.1, 0.15) is 46.0 Å². The second kappa shape index (κ2) is 10.0. The maximum absolute atomic E-state index is 8.46. The Balaban J connectivity index is 2.97. The summed E-state index contributed by atoms with van der Waals surface area (Å²) in [5.74, 6) is 0.864. The van der Waals surface area contributed by atoms with Crippen molar-refractivity contribution in [3.05, 3.63) is 0 Å². The van der Waals surface area contributed by atoms with Crippen molar-refractivity contribution in [2.24, 2.45) is 5.92 Å². The summed E-state index contributed by atoms with van der Waals surface area (Å²) in [6.45, 7) is 6.00. The smallest absolute Gasteiger partial charge is 0.0697 e. The van der Waals surface area contributed by atoms with Crippen molar-refractivity contribution < 1.29 is 9.84 Å². The van der Waals surface area contributed by atoms with E-state index in [9.17, 15) is 0 Å². The van der Waals surface area contributed by atoms with Gasteiger partial charge in [0.2, 0.25) is 0 Å². The van der Waals surface area contributed by atoms with Gasteiger partial charge in [-0.3, -0.25) is 0 Å². The van der Waals surface area contributed by atoms with E-state index in [4.69, 9.17) is 9.84 Å². The Bertz CT molecular complexity index is 94.1. The average Bonchev–Trinajstić information content (AvgIpc) is 2.11. The minimum Gasteiger partial charge on any atom is -0.394 e. The molecule has 0 amide bonds. The van der Waals surface area contributed by atoms with E-state index in [1.165, 1.54) is 25.7 Å². The van der Waals surface area contributed by atoms with Crippen molar-refractivity contribution >= 4 is 0 Å². The molecule has 2 nitrogen and oxygen atoms in total. The second-order valence-corrected chi connectivity index (χ2v) is 3.73. The molecule has 0 aromatic heterocycles. The molecule has 80 valence electrons. The summed E-state index contributed by atoms with van der Waals surface area (Å²) >= 11 is 0. The molecule has 0 aliphatic heterocycles. The fraction of sp³-hybridized carbons (Fsp3) is 1.00. The minimum absolute atomic E-state index is 0.145. The average molecular weight is 188 g/mol. The van der Waals surface area contributed by atoms with Gasteiger partial charge in [0.25, 0.3) is 0 Å². The number of unbranched alkanes of at least 4 members (excludes halogenated alkanes) is 1. The highest BCUT2D eigenvalue weighted by molar-refractivity contribution is 4.52. The van der Waals surface area contributed by atoms with E-state index in [1.54, 1.807) is 0 Å². The summed E-state index contributed by atoms with van der Waals surface area (Å²) in [6.07, 6.45) is 6.34. The number of aliphatic hydroxyl groups is 1. The third-order valence-corrected chi connectivity index (χ3v) is 2.25. The molecular formula is C11H24O2. The van der Waals surface area contributed by atoms with E-state index in [0.29, 0.717) is 6.61 Å². The number of hydrogen-bond acceptors (Lipinski definition) is 2. The van der Waals surface area contributed by atoms with Crippen LogP contribution in [0, 0.1) is 5.92 Å². The molecule has 2 heteroatoms. The van der Waals surface area contributed by atoms with Gasteiger partial charge in [0.15, 0.2) is 0 Å². The second-order valence-electron chi connectivity index (χ2n) is 3.73. The van der Waals surface area contributed by atoms with Gasteiger partial charge in [-0.25, -0.2) is 0 Å². The van der Waals surface area contributed by atoms with E-state index in [-0.39, 0.29) is 6.61 Å². The van der Waals surface area contributed by atoms with Crippen molar-refractivity contribution in [1.82, 2.24) is 0 Å².